The Morgan fingerprint density at radius 2 is 1.73 bits per heavy atom. The van der Waals surface area contributed by atoms with Crippen LogP contribution in [0.5, 0.6) is 0 Å². The molecule has 0 N–H and O–H groups in total. The summed E-state index contributed by atoms with van der Waals surface area (Å²) in [6.07, 6.45) is -3.57. The second-order valence-corrected chi connectivity index (χ2v) is 5.22. The molecule has 1 atom stereocenters. The molecule has 0 aromatic heterocycles. The fraction of sp³-hybridized carbons (Fsp3) is 0.235. The van der Waals surface area contributed by atoms with E-state index in [0.29, 0.717) is 12.2 Å². The lowest BCUT2D eigenvalue weighted by Crippen LogP contribution is -2.34. The molecule has 1 unspecified atom stereocenters. The summed E-state index contributed by atoms with van der Waals surface area (Å²) in [5.74, 6) is 0. The molecule has 112 valence electrons. The summed E-state index contributed by atoms with van der Waals surface area (Å²) in [4.78, 5) is 1.85. The quantitative estimate of drug-likeness (QED) is 0.784. The van der Waals surface area contributed by atoms with Gasteiger partial charge in [-0.1, -0.05) is 24.3 Å². The SMILES string of the molecule is N#CC1c2ccccc2CCN1c1ccc(C(F)(F)F)cc1. The van der Waals surface area contributed by atoms with Crippen molar-refractivity contribution >= 4 is 5.69 Å². The number of anilines is 1. The molecule has 5 heteroatoms. The molecule has 0 bridgehead atoms. The number of nitrogens with zero attached hydrogens (tertiary/aromatic N) is 2. The topological polar surface area (TPSA) is 27.0 Å². The fourth-order valence-electron chi connectivity index (χ4n) is 2.83. The number of hydrogen-bond donors (Lipinski definition) is 0. The molecule has 0 fully saturated rings. The van der Waals surface area contributed by atoms with Gasteiger partial charge in [0, 0.05) is 12.2 Å². The van der Waals surface area contributed by atoms with Gasteiger partial charge in [0.15, 0.2) is 0 Å². The molecule has 2 aromatic rings. The summed E-state index contributed by atoms with van der Waals surface area (Å²) in [6, 6.07) is 14.5. The Bertz CT molecular complexity index is 714. The molecule has 3 rings (SSSR count). The molecule has 0 amide bonds. The van der Waals surface area contributed by atoms with Crippen LogP contribution < -0.4 is 4.90 Å². The van der Waals surface area contributed by atoms with Gasteiger partial charge in [-0.2, -0.15) is 18.4 Å². The van der Waals surface area contributed by atoms with Crippen LogP contribution in [0.15, 0.2) is 48.5 Å². The van der Waals surface area contributed by atoms with E-state index in [4.69, 9.17) is 0 Å². The van der Waals surface area contributed by atoms with Crippen molar-refractivity contribution < 1.29 is 13.2 Å². The number of alkyl halides is 3. The van der Waals surface area contributed by atoms with Gasteiger partial charge in [0.2, 0.25) is 0 Å². The minimum absolute atomic E-state index is 0.471. The lowest BCUT2D eigenvalue weighted by molar-refractivity contribution is -0.137. The summed E-state index contributed by atoms with van der Waals surface area (Å²) >= 11 is 0. The van der Waals surface area contributed by atoms with Gasteiger partial charge < -0.3 is 4.90 Å². The first-order chi connectivity index (χ1) is 10.5. The molecular formula is C17H13F3N2. The molecule has 0 radical (unpaired) electrons. The van der Waals surface area contributed by atoms with Crippen LogP contribution in [0, 0.1) is 11.3 Å². The van der Waals surface area contributed by atoms with Crippen molar-refractivity contribution in [2.75, 3.05) is 11.4 Å². The lowest BCUT2D eigenvalue weighted by atomic mass is 9.93. The molecule has 2 aromatic carbocycles. The van der Waals surface area contributed by atoms with Crippen LogP contribution in [0.3, 0.4) is 0 Å². The molecule has 2 nitrogen and oxygen atoms in total. The van der Waals surface area contributed by atoms with Crippen LogP contribution in [-0.4, -0.2) is 6.54 Å². The first-order valence-electron chi connectivity index (χ1n) is 6.92. The van der Waals surface area contributed by atoms with Crippen molar-refractivity contribution in [1.82, 2.24) is 0 Å². The lowest BCUT2D eigenvalue weighted by Gasteiger charge is -2.35. The third kappa shape index (κ3) is 2.52. The van der Waals surface area contributed by atoms with Crippen LogP contribution in [-0.2, 0) is 12.6 Å². The molecule has 22 heavy (non-hydrogen) atoms. The van der Waals surface area contributed by atoms with Gasteiger partial charge in [-0.15, -0.1) is 0 Å². The Morgan fingerprint density at radius 1 is 1.05 bits per heavy atom. The van der Waals surface area contributed by atoms with E-state index in [1.807, 2.05) is 29.2 Å². The van der Waals surface area contributed by atoms with E-state index >= 15 is 0 Å². The summed E-state index contributed by atoms with van der Waals surface area (Å²) < 4.78 is 37.9. The van der Waals surface area contributed by atoms with Gasteiger partial charge in [0.25, 0.3) is 0 Å². The molecule has 0 saturated heterocycles. The predicted octanol–water partition coefficient (Wildman–Crippen LogP) is 4.33. The smallest absolute Gasteiger partial charge is 0.352 e. The summed E-state index contributed by atoms with van der Waals surface area (Å²) in [6.45, 7) is 0.612. The number of fused-ring (bicyclic) bond motifs is 1. The van der Waals surface area contributed by atoms with Crippen LogP contribution >= 0.6 is 0 Å². The van der Waals surface area contributed by atoms with Crippen LogP contribution in [0.1, 0.15) is 22.7 Å². The van der Waals surface area contributed by atoms with E-state index in [2.05, 4.69) is 6.07 Å². The van der Waals surface area contributed by atoms with Gasteiger partial charge in [0.1, 0.15) is 6.04 Å². The minimum atomic E-state index is -4.35. The number of rotatable bonds is 1. The zero-order chi connectivity index (χ0) is 15.7. The van der Waals surface area contributed by atoms with Gasteiger partial charge in [-0.3, -0.25) is 0 Å². The summed E-state index contributed by atoms with van der Waals surface area (Å²) in [7, 11) is 0. The Labute approximate surface area is 126 Å². The van der Waals surface area contributed by atoms with E-state index < -0.39 is 17.8 Å². The van der Waals surface area contributed by atoms with Gasteiger partial charge in [-0.25, -0.2) is 0 Å². The highest BCUT2D eigenvalue weighted by Crippen LogP contribution is 2.35. The van der Waals surface area contributed by atoms with Crippen molar-refractivity contribution in [3.63, 3.8) is 0 Å². The largest absolute Gasteiger partial charge is 0.416 e. The van der Waals surface area contributed by atoms with E-state index in [-0.39, 0.29) is 0 Å². The van der Waals surface area contributed by atoms with Crippen molar-refractivity contribution in [1.29, 1.82) is 5.26 Å². The second kappa shape index (κ2) is 5.38. The van der Waals surface area contributed by atoms with Crippen LogP contribution in [0.25, 0.3) is 0 Å². The molecule has 0 saturated carbocycles. The Morgan fingerprint density at radius 3 is 2.36 bits per heavy atom. The fourth-order valence-corrected chi connectivity index (χ4v) is 2.83. The Balaban J connectivity index is 1.94. The first-order valence-corrected chi connectivity index (χ1v) is 6.92. The van der Waals surface area contributed by atoms with E-state index in [9.17, 15) is 18.4 Å². The van der Waals surface area contributed by atoms with Crippen molar-refractivity contribution in [2.24, 2.45) is 0 Å². The normalized spacial score (nSPS) is 17.7. The van der Waals surface area contributed by atoms with E-state index in [1.165, 1.54) is 12.1 Å². The predicted molar refractivity (Wildman–Crippen MR) is 77.3 cm³/mol. The molecule has 1 heterocycles. The molecular weight excluding hydrogens is 289 g/mol. The van der Waals surface area contributed by atoms with Crippen molar-refractivity contribution in [3.8, 4) is 6.07 Å². The van der Waals surface area contributed by atoms with E-state index in [1.54, 1.807) is 0 Å². The molecule has 1 aliphatic heterocycles. The van der Waals surface area contributed by atoms with Crippen LogP contribution in [0.4, 0.5) is 18.9 Å². The maximum Gasteiger partial charge on any atom is 0.416 e. The Hall–Kier alpha value is -2.48. The third-order valence-corrected chi connectivity index (χ3v) is 3.93. The zero-order valence-electron chi connectivity index (χ0n) is 11.6. The monoisotopic (exact) mass is 302 g/mol. The second-order valence-electron chi connectivity index (χ2n) is 5.22. The standard InChI is InChI=1S/C17H13F3N2/c18-17(19,20)13-5-7-14(8-6-13)22-10-9-12-3-1-2-4-15(12)16(22)11-21/h1-8,16H,9-10H2. The maximum atomic E-state index is 12.6. The zero-order valence-corrected chi connectivity index (χ0v) is 11.6. The molecule has 1 aliphatic rings. The number of nitriles is 1. The first kappa shape index (κ1) is 14.5. The van der Waals surface area contributed by atoms with Gasteiger partial charge >= 0.3 is 6.18 Å². The van der Waals surface area contributed by atoms with E-state index in [0.717, 1.165) is 29.7 Å². The number of benzene rings is 2. The minimum Gasteiger partial charge on any atom is -0.352 e. The average molecular weight is 302 g/mol. The van der Waals surface area contributed by atoms with Crippen molar-refractivity contribution in [3.05, 3.63) is 65.2 Å². The summed E-state index contributed by atoms with van der Waals surface area (Å²) in [5, 5.41) is 9.48. The number of hydrogen-bond acceptors (Lipinski definition) is 2. The highest BCUT2D eigenvalue weighted by Gasteiger charge is 2.31. The Kier molecular flexibility index (Phi) is 3.53. The average Bonchev–Trinajstić information content (AvgIpc) is 2.53. The van der Waals surface area contributed by atoms with Gasteiger partial charge in [-0.05, 0) is 41.8 Å². The highest BCUT2D eigenvalue weighted by molar-refractivity contribution is 5.55. The maximum absolute atomic E-state index is 12.6. The molecule has 0 spiro atoms. The van der Waals surface area contributed by atoms with Crippen molar-refractivity contribution in [2.45, 2.75) is 18.6 Å². The van der Waals surface area contributed by atoms with Gasteiger partial charge in [0.05, 0.1) is 11.6 Å². The molecule has 0 aliphatic carbocycles. The highest BCUT2D eigenvalue weighted by atomic mass is 19.4. The summed E-state index contributed by atoms with van der Waals surface area (Å²) in [5.41, 5.74) is 2.00. The number of halogens is 3. The van der Waals surface area contributed by atoms with Crippen LogP contribution in [0.2, 0.25) is 0 Å². The third-order valence-electron chi connectivity index (χ3n) is 3.93.